The molecule has 7 heteroatoms. The predicted octanol–water partition coefficient (Wildman–Crippen LogP) is 4.31. The third-order valence-corrected chi connectivity index (χ3v) is 7.75. The van der Waals surface area contributed by atoms with Gasteiger partial charge in [-0.1, -0.05) is 60.7 Å². The Hall–Kier alpha value is -3.74. The molecular weight excluding hydrogens is 466 g/mol. The first-order chi connectivity index (χ1) is 17.9. The Balaban J connectivity index is 1.58. The fraction of sp³-hybridized carbons (Fsp3) is 0.400. The number of carbonyl (C=O) groups is 2. The first-order valence-corrected chi connectivity index (χ1v) is 13.1. The fourth-order valence-electron chi connectivity index (χ4n) is 5.64. The molecule has 0 spiro atoms. The molecule has 2 aliphatic rings. The summed E-state index contributed by atoms with van der Waals surface area (Å²) in [5, 5.41) is 0. The van der Waals surface area contributed by atoms with Gasteiger partial charge in [0.15, 0.2) is 5.69 Å². The van der Waals surface area contributed by atoms with Crippen molar-refractivity contribution in [3.05, 3.63) is 93.7 Å². The molecule has 0 bridgehead atoms. The highest BCUT2D eigenvalue weighted by atomic mass is 16.5. The van der Waals surface area contributed by atoms with Gasteiger partial charge in [0.2, 0.25) is 5.75 Å². The highest BCUT2D eigenvalue weighted by Crippen LogP contribution is 2.41. The van der Waals surface area contributed by atoms with Crippen LogP contribution in [-0.4, -0.2) is 38.7 Å². The van der Waals surface area contributed by atoms with Crippen molar-refractivity contribution in [3.8, 4) is 5.75 Å². The van der Waals surface area contributed by atoms with Gasteiger partial charge in [-0.15, -0.1) is 0 Å². The van der Waals surface area contributed by atoms with Gasteiger partial charge in [0.1, 0.15) is 18.2 Å². The number of ketones is 1. The van der Waals surface area contributed by atoms with Crippen LogP contribution >= 0.6 is 0 Å². The van der Waals surface area contributed by atoms with E-state index in [-0.39, 0.29) is 41.2 Å². The van der Waals surface area contributed by atoms with E-state index in [1.807, 2.05) is 66.9 Å². The Morgan fingerprint density at radius 2 is 1.57 bits per heavy atom. The SMILES string of the molecule is CC(C)N1CCn2c(CC3(c4ccccc4)CCC(=O)CC3)nc(=O)c(OCc3ccccc3)c2C1=O. The summed E-state index contributed by atoms with van der Waals surface area (Å²) in [6, 6.07) is 19.7. The standard InChI is InChI=1S/C30H33N3O4/c1-21(2)32-17-18-33-25(19-30(15-13-24(34)14-16-30)23-11-7-4-8-12-23)31-28(35)27(26(33)29(32)36)37-20-22-9-5-3-6-10-22/h3-12,21H,13-20H2,1-2H3. The second-order valence-electron chi connectivity index (χ2n) is 10.4. The van der Waals surface area contributed by atoms with Gasteiger partial charge in [0.05, 0.1) is 0 Å². The van der Waals surface area contributed by atoms with Crippen molar-refractivity contribution in [2.75, 3.05) is 6.54 Å². The first-order valence-electron chi connectivity index (χ1n) is 13.1. The first kappa shape index (κ1) is 24.9. The zero-order chi connectivity index (χ0) is 26.0. The van der Waals surface area contributed by atoms with Crippen LogP contribution in [0.15, 0.2) is 65.5 Å². The minimum absolute atomic E-state index is 0.00467. The number of nitrogens with zero attached hydrogens (tertiary/aromatic N) is 3. The Bertz CT molecular complexity index is 1340. The summed E-state index contributed by atoms with van der Waals surface area (Å²) in [5.41, 5.74) is 1.48. The molecule has 0 saturated heterocycles. The maximum atomic E-state index is 13.7. The summed E-state index contributed by atoms with van der Waals surface area (Å²) in [6.07, 6.45) is 2.88. The molecule has 192 valence electrons. The summed E-state index contributed by atoms with van der Waals surface area (Å²) in [7, 11) is 0. The summed E-state index contributed by atoms with van der Waals surface area (Å²) in [5.74, 6) is 0.654. The van der Waals surface area contributed by atoms with Gasteiger partial charge < -0.3 is 14.2 Å². The Morgan fingerprint density at radius 1 is 0.919 bits per heavy atom. The maximum absolute atomic E-state index is 13.7. The van der Waals surface area contributed by atoms with Crippen LogP contribution in [-0.2, 0) is 29.8 Å². The predicted molar refractivity (Wildman–Crippen MR) is 141 cm³/mol. The topological polar surface area (TPSA) is 81.5 Å². The van der Waals surface area contributed by atoms with E-state index in [1.54, 1.807) is 4.90 Å². The van der Waals surface area contributed by atoms with Crippen LogP contribution < -0.4 is 10.3 Å². The number of aromatic nitrogens is 2. The van der Waals surface area contributed by atoms with E-state index in [0.29, 0.717) is 51.0 Å². The van der Waals surface area contributed by atoms with Gasteiger partial charge in [-0.25, -0.2) is 0 Å². The largest absolute Gasteiger partial charge is 0.481 e. The van der Waals surface area contributed by atoms with Crippen LogP contribution in [0.1, 0.15) is 67.0 Å². The van der Waals surface area contributed by atoms with E-state index >= 15 is 0 Å². The average molecular weight is 500 g/mol. The molecule has 1 fully saturated rings. The van der Waals surface area contributed by atoms with Gasteiger partial charge >= 0.3 is 5.56 Å². The number of benzene rings is 2. The van der Waals surface area contributed by atoms with Crippen molar-refractivity contribution in [2.45, 2.75) is 70.6 Å². The van der Waals surface area contributed by atoms with Crippen molar-refractivity contribution in [1.29, 1.82) is 0 Å². The van der Waals surface area contributed by atoms with E-state index in [1.165, 1.54) is 0 Å². The number of fused-ring (bicyclic) bond motifs is 1. The molecule has 0 unspecified atom stereocenters. The molecule has 1 aromatic heterocycles. The molecule has 7 nitrogen and oxygen atoms in total. The van der Waals surface area contributed by atoms with Crippen LogP contribution in [0.25, 0.3) is 0 Å². The number of ether oxygens (including phenoxy) is 1. The smallest absolute Gasteiger partial charge is 0.316 e. The molecule has 5 rings (SSSR count). The molecule has 0 radical (unpaired) electrons. The van der Waals surface area contributed by atoms with Crippen LogP contribution in [0.4, 0.5) is 0 Å². The minimum Gasteiger partial charge on any atom is -0.481 e. The number of Topliss-reactive ketones (excluding diaryl/α,β-unsaturated/α-hetero) is 1. The van der Waals surface area contributed by atoms with Gasteiger partial charge in [0, 0.05) is 43.8 Å². The maximum Gasteiger partial charge on any atom is 0.316 e. The lowest BCUT2D eigenvalue weighted by Gasteiger charge is -2.39. The van der Waals surface area contributed by atoms with E-state index in [9.17, 15) is 14.4 Å². The lowest BCUT2D eigenvalue weighted by Crippen LogP contribution is -2.47. The molecule has 37 heavy (non-hydrogen) atoms. The highest BCUT2D eigenvalue weighted by Gasteiger charge is 2.40. The van der Waals surface area contributed by atoms with Gasteiger partial charge in [-0.2, -0.15) is 4.98 Å². The molecule has 3 aromatic rings. The molecule has 1 saturated carbocycles. The summed E-state index contributed by atoms with van der Waals surface area (Å²) in [4.78, 5) is 45.6. The molecule has 2 aromatic carbocycles. The Labute approximate surface area is 217 Å². The molecule has 1 aliphatic carbocycles. The quantitative estimate of drug-likeness (QED) is 0.484. The highest BCUT2D eigenvalue weighted by molar-refractivity contribution is 5.96. The monoisotopic (exact) mass is 499 g/mol. The third-order valence-electron chi connectivity index (χ3n) is 7.75. The Morgan fingerprint density at radius 3 is 2.22 bits per heavy atom. The second-order valence-corrected chi connectivity index (χ2v) is 10.4. The molecular formula is C30H33N3O4. The van der Waals surface area contributed by atoms with Gasteiger partial charge in [0.25, 0.3) is 5.91 Å². The van der Waals surface area contributed by atoms with E-state index < -0.39 is 5.56 Å². The molecule has 0 N–H and O–H groups in total. The summed E-state index contributed by atoms with van der Waals surface area (Å²) < 4.78 is 7.89. The van der Waals surface area contributed by atoms with Crippen LogP contribution in [0.2, 0.25) is 0 Å². The Kier molecular flexibility index (Phi) is 6.96. The average Bonchev–Trinajstić information content (AvgIpc) is 2.91. The molecule has 1 amide bonds. The van der Waals surface area contributed by atoms with Crippen LogP contribution in [0.3, 0.4) is 0 Å². The fourth-order valence-corrected chi connectivity index (χ4v) is 5.64. The number of amides is 1. The molecule has 0 atom stereocenters. The van der Waals surface area contributed by atoms with Crippen molar-refractivity contribution in [3.63, 3.8) is 0 Å². The number of carbonyl (C=O) groups excluding carboxylic acids is 2. The zero-order valence-corrected chi connectivity index (χ0v) is 21.5. The number of hydrogen-bond donors (Lipinski definition) is 0. The van der Waals surface area contributed by atoms with Crippen molar-refractivity contribution >= 4 is 11.7 Å². The van der Waals surface area contributed by atoms with Crippen molar-refractivity contribution < 1.29 is 14.3 Å². The third kappa shape index (κ3) is 4.95. The minimum atomic E-state index is -0.522. The number of rotatable bonds is 7. The van der Waals surface area contributed by atoms with Gasteiger partial charge in [-0.3, -0.25) is 14.4 Å². The lowest BCUT2D eigenvalue weighted by atomic mass is 9.67. The number of hydrogen-bond acceptors (Lipinski definition) is 5. The second kappa shape index (κ2) is 10.3. The lowest BCUT2D eigenvalue weighted by molar-refractivity contribution is -0.121. The molecule has 1 aliphatic heterocycles. The van der Waals surface area contributed by atoms with Crippen LogP contribution in [0, 0.1) is 0 Å². The molecule has 2 heterocycles. The van der Waals surface area contributed by atoms with Crippen molar-refractivity contribution in [2.24, 2.45) is 0 Å². The summed E-state index contributed by atoms with van der Waals surface area (Å²) in [6.45, 7) is 5.20. The van der Waals surface area contributed by atoms with Crippen molar-refractivity contribution in [1.82, 2.24) is 14.5 Å². The van der Waals surface area contributed by atoms with E-state index in [4.69, 9.17) is 4.74 Å². The normalized spacial score (nSPS) is 17.1. The zero-order valence-electron chi connectivity index (χ0n) is 21.5. The van der Waals surface area contributed by atoms with E-state index in [2.05, 4.69) is 17.1 Å². The van der Waals surface area contributed by atoms with Crippen LogP contribution in [0.5, 0.6) is 5.75 Å². The summed E-state index contributed by atoms with van der Waals surface area (Å²) >= 11 is 0. The van der Waals surface area contributed by atoms with E-state index in [0.717, 1.165) is 11.1 Å². The van der Waals surface area contributed by atoms with Gasteiger partial charge in [-0.05, 0) is 37.8 Å².